The van der Waals surface area contributed by atoms with Crippen LogP contribution in [0.2, 0.25) is 0 Å². The number of aliphatic imine (C=N–C) groups is 1. The lowest BCUT2D eigenvalue weighted by atomic mass is 9.86. The number of benzene rings is 1. The molecule has 0 aliphatic carbocycles. The standard InChI is InChI=1S/C12H15F2NO.C8H13F3O/c1-4-9(3)15-11-6-5-10(7-8(11)2)16-12(13)14;1-4-6(12)5-7(2,3)8(9,10)11/h5-7,12H,4H2,1-3H3;4-5H2,1-3H3. The van der Waals surface area contributed by atoms with Crippen molar-refractivity contribution in [1.29, 1.82) is 0 Å². The third-order valence-corrected chi connectivity index (χ3v) is 4.02. The molecule has 0 saturated carbocycles. The van der Waals surface area contributed by atoms with Gasteiger partial charge in [0.15, 0.2) is 0 Å². The fourth-order valence-electron chi connectivity index (χ4n) is 1.93. The SMILES string of the molecule is CCC(=O)CC(C)(C)C(F)(F)F.CCC(C)=Nc1ccc(OC(F)F)cc1C. The molecule has 0 amide bonds. The van der Waals surface area contributed by atoms with Gasteiger partial charge in [0.1, 0.15) is 11.5 Å². The van der Waals surface area contributed by atoms with Gasteiger partial charge in [-0.1, -0.05) is 27.7 Å². The molecule has 0 saturated heterocycles. The molecular weight excluding hydrogens is 381 g/mol. The van der Waals surface area contributed by atoms with Crippen molar-refractivity contribution in [3.63, 3.8) is 0 Å². The van der Waals surface area contributed by atoms with Gasteiger partial charge < -0.3 is 4.74 Å². The van der Waals surface area contributed by atoms with Crippen LogP contribution in [0, 0.1) is 12.3 Å². The lowest BCUT2D eigenvalue weighted by Crippen LogP contribution is -2.34. The molecule has 0 aromatic heterocycles. The topological polar surface area (TPSA) is 38.7 Å². The van der Waals surface area contributed by atoms with Gasteiger partial charge in [0.2, 0.25) is 0 Å². The normalized spacial score (nSPS) is 12.5. The highest BCUT2D eigenvalue weighted by atomic mass is 19.4. The maximum Gasteiger partial charge on any atom is 0.394 e. The van der Waals surface area contributed by atoms with Gasteiger partial charge >= 0.3 is 12.8 Å². The van der Waals surface area contributed by atoms with E-state index < -0.39 is 24.6 Å². The maximum absolute atomic E-state index is 12.2. The Morgan fingerprint density at radius 2 is 1.71 bits per heavy atom. The molecule has 0 N–H and O–H groups in total. The predicted molar refractivity (Wildman–Crippen MR) is 101 cm³/mol. The van der Waals surface area contributed by atoms with Gasteiger partial charge in [-0.15, -0.1) is 0 Å². The van der Waals surface area contributed by atoms with Gasteiger partial charge in [-0.25, -0.2) is 0 Å². The quantitative estimate of drug-likeness (QED) is 0.358. The first-order chi connectivity index (χ1) is 12.7. The number of Topliss-reactive ketones (excluding diaryl/α,β-unsaturated/α-hetero) is 1. The van der Waals surface area contributed by atoms with Crippen LogP contribution >= 0.6 is 0 Å². The first-order valence-corrected chi connectivity index (χ1v) is 8.91. The third-order valence-electron chi connectivity index (χ3n) is 4.02. The molecule has 0 fully saturated rings. The Labute approximate surface area is 163 Å². The lowest BCUT2D eigenvalue weighted by Gasteiger charge is -2.26. The van der Waals surface area contributed by atoms with Crippen LogP contribution in [-0.4, -0.2) is 24.3 Å². The smallest absolute Gasteiger partial charge is 0.394 e. The molecule has 0 heterocycles. The molecule has 3 nitrogen and oxygen atoms in total. The number of carbonyl (C=O) groups is 1. The van der Waals surface area contributed by atoms with E-state index >= 15 is 0 Å². The zero-order valence-electron chi connectivity index (χ0n) is 17.1. The number of carbonyl (C=O) groups excluding carboxylic acids is 1. The van der Waals surface area contributed by atoms with E-state index in [1.807, 2.05) is 20.8 Å². The van der Waals surface area contributed by atoms with Crippen molar-refractivity contribution in [3.05, 3.63) is 23.8 Å². The number of rotatable bonds is 7. The van der Waals surface area contributed by atoms with E-state index in [1.54, 1.807) is 19.1 Å². The van der Waals surface area contributed by atoms with Gasteiger partial charge in [-0.05, 0) is 44.0 Å². The maximum atomic E-state index is 12.2. The van der Waals surface area contributed by atoms with Crippen LogP contribution in [0.1, 0.15) is 59.4 Å². The largest absolute Gasteiger partial charge is 0.435 e. The van der Waals surface area contributed by atoms with E-state index in [2.05, 4.69) is 9.73 Å². The Balaban J connectivity index is 0.000000546. The summed E-state index contributed by atoms with van der Waals surface area (Å²) in [4.78, 5) is 15.1. The molecule has 0 atom stereocenters. The van der Waals surface area contributed by atoms with Gasteiger partial charge in [0.05, 0.1) is 11.1 Å². The van der Waals surface area contributed by atoms with E-state index in [1.165, 1.54) is 6.07 Å². The van der Waals surface area contributed by atoms with Crippen LogP contribution in [0.5, 0.6) is 5.75 Å². The fraction of sp³-hybridized carbons (Fsp3) is 0.600. The van der Waals surface area contributed by atoms with E-state index in [-0.39, 0.29) is 18.0 Å². The zero-order chi connectivity index (χ0) is 22.1. The molecule has 0 unspecified atom stereocenters. The van der Waals surface area contributed by atoms with E-state index in [0.29, 0.717) is 0 Å². The van der Waals surface area contributed by atoms with Crippen molar-refractivity contribution in [3.8, 4) is 5.75 Å². The predicted octanol–water partition coefficient (Wildman–Crippen LogP) is 7.04. The number of alkyl halides is 5. The average Bonchev–Trinajstić information content (AvgIpc) is 2.55. The fourth-order valence-corrected chi connectivity index (χ4v) is 1.93. The second-order valence-electron chi connectivity index (χ2n) is 6.98. The summed E-state index contributed by atoms with van der Waals surface area (Å²) in [6, 6.07) is 4.75. The van der Waals surface area contributed by atoms with E-state index in [0.717, 1.165) is 37.2 Å². The van der Waals surface area contributed by atoms with Crippen LogP contribution in [0.25, 0.3) is 0 Å². The minimum absolute atomic E-state index is 0.166. The second-order valence-corrected chi connectivity index (χ2v) is 6.98. The molecule has 0 spiro atoms. The van der Waals surface area contributed by atoms with Crippen molar-refractivity contribution in [2.75, 3.05) is 0 Å². The van der Waals surface area contributed by atoms with Crippen LogP contribution < -0.4 is 4.74 Å². The minimum Gasteiger partial charge on any atom is -0.435 e. The van der Waals surface area contributed by atoms with Crippen LogP contribution in [0.4, 0.5) is 27.6 Å². The van der Waals surface area contributed by atoms with Crippen molar-refractivity contribution in [2.45, 2.75) is 73.6 Å². The molecule has 0 bridgehead atoms. The number of nitrogens with zero attached hydrogens (tertiary/aromatic N) is 1. The number of aryl methyl sites for hydroxylation is 1. The van der Waals surface area contributed by atoms with E-state index in [9.17, 15) is 26.7 Å². The summed E-state index contributed by atoms with van der Waals surface area (Å²) < 4.78 is 64.8. The summed E-state index contributed by atoms with van der Waals surface area (Å²) in [6.07, 6.45) is -3.68. The number of ketones is 1. The molecular formula is C20H28F5NO2. The Morgan fingerprint density at radius 1 is 1.14 bits per heavy atom. The van der Waals surface area contributed by atoms with Crippen molar-refractivity contribution in [2.24, 2.45) is 10.4 Å². The molecule has 160 valence electrons. The Kier molecular flexibility index (Phi) is 10.3. The summed E-state index contributed by atoms with van der Waals surface area (Å²) in [6.45, 7) is 6.63. The van der Waals surface area contributed by atoms with Crippen LogP contribution in [-0.2, 0) is 4.79 Å². The second kappa shape index (κ2) is 11.1. The Bertz CT molecular complexity index is 667. The molecule has 0 aliphatic heterocycles. The Morgan fingerprint density at radius 3 is 2.11 bits per heavy atom. The van der Waals surface area contributed by atoms with Crippen LogP contribution in [0.15, 0.2) is 23.2 Å². The molecule has 0 radical (unpaired) electrons. The summed E-state index contributed by atoms with van der Waals surface area (Å²) in [7, 11) is 0. The highest BCUT2D eigenvalue weighted by Crippen LogP contribution is 2.40. The summed E-state index contributed by atoms with van der Waals surface area (Å²) in [5.74, 6) is -0.182. The van der Waals surface area contributed by atoms with Gasteiger partial charge in [-0.3, -0.25) is 9.79 Å². The molecule has 1 rings (SSSR count). The molecule has 1 aromatic rings. The van der Waals surface area contributed by atoms with Gasteiger partial charge in [0, 0.05) is 18.6 Å². The summed E-state index contributed by atoms with van der Waals surface area (Å²) >= 11 is 0. The number of halogens is 5. The lowest BCUT2D eigenvalue weighted by molar-refractivity contribution is -0.213. The third kappa shape index (κ3) is 9.28. The van der Waals surface area contributed by atoms with E-state index in [4.69, 9.17) is 0 Å². The number of ether oxygens (including phenoxy) is 1. The minimum atomic E-state index is -4.29. The first-order valence-electron chi connectivity index (χ1n) is 8.91. The van der Waals surface area contributed by atoms with Gasteiger partial charge in [-0.2, -0.15) is 22.0 Å². The summed E-state index contributed by atoms with van der Waals surface area (Å²) in [5.41, 5.74) is 0.734. The molecule has 8 heteroatoms. The average molecular weight is 409 g/mol. The Hall–Kier alpha value is -1.99. The highest BCUT2D eigenvalue weighted by molar-refractivity contribution is 5.84. The van der Waals surface area contributed by atoms with Crippen molar-refractivity contribution < 1.29 is 31.5 Å². The number of hydrogen-bond donors (Lipinski definition) is 0. The van der Waals surface area contributed by atoms with Crippen LogP contribution in [0.3, 0.4) is 0 Å². The molecule has 1 aromatic carbocycles. The number of hydrogen-bond acceptors (Lipinski definition) is 3. The molecule has 0 aliphatic rings. The van der Waals surface area contributed by atoms with Crippen molar-refractivity contribution in [1.82, 2.24) is 0 Å². The summed E-state index contributed by atoms with van der Waals surface area (Å²) in [5, 5.41) is 0. The molecule has 28 heavy (non-hydrogen) atoms. The highest BCUT2D eigenvalue weighted by Gasteiger charge is 2.47. The zero-order valence-corrected chi connectivity index (χ0v) is 17.1. The first kappa shape index (κ1) is 26.0. The van der Waals surface area contributed by atoms with Gasteiger partial charge in [0.25, 0.3) is 0 Å². The monoisotopic (exact) mass is 409 g/mol. The van der Waals surface area contributed by atoms with Crippen molar-refractivity contribution >= 4 is 17.2 Å².